The molecule has 2 rings (SSSR count). The number of carboxylic acid groups (broad SMARTS) is 1. The Kier molecular flexibility index (Phi) is 4.24. The second-order valence-corrected chi connectivity index (χ2v) is 4.97. The Morgan fingerprint density at radius 1 is 1.32 bits per heavy atom. The van der Waals surface area contributed by atoms with E-state index in [2.05, 4.69) is 6.92 Å². The molecular formula is C14H19NO4. The summed E-state index contributed by atoms with van der Waals surface area (Å²) in [5.74, 6) is -0.744. The minimum atomic E-state index is -1.15. The minimum absolute atomic E-state index is 0.118. The van der Waals surface area contributed by atoms with Crippen molar-refractivity contribution in [3.63, 3.8) is 0 Å². The van der Waals surface area contributed by atoms with Crippen molar-refractivity contribution in [2.24, 2.45) is 5.92 Å². The molecule has 0 spiro atoms. The summed E-state index contributed by atoms with van der Waals surface area (Å²) in [6, 6.07) is 2.76. The van der Waals surface area contributed by atoms with Gasteiger partial charge in [0.2, 0.25) is 5.76 Å². The highest BCUT2D eigenvalue weighted by atomic mass is 16.4. The van der Waals surface area contributed by atoms with Crippen molar-refractivity contribution in [3.8, 4) is 0 Å². The van der Waals surface area contributed by atoms with Gasteiger partial charge >= 0.3 is 5.97 Å². The van der Waals surface area contributed by atoms with Gasteiger partial charge in [-0.05, 0) is 37.3 Å². The van der Waals surface area contributed by atoms with Crippen LogP contribution in [0, 0.1) is 5.92 Å². The SMILES string of the molecule is CC[C@@H]1CCCN(C(=O)c2ccc(C(=O)O)o2)CC1. The first-order valence-corrected chi connectivity index (χ1v) is 6.74. The first-order chi connectivity index (χ1) is 9.11. The summed E-state index contributed by atoms with van der Waals surface area (Å²) in [6.45, 7) is 3.62. The molecule has 0 saturated carbocycles. The third kappa shape index (κ3) is 3.16. The highest BCUT2D eigenvalue weighted by Crippen LogP contribution is 2.21. The van der Waals surface area contributed by atoms with Gasteiger partial charge in [-0.25, -0.2) is 4.79 Å². The number of furan rings is 1. The lowest BCUT2D eigenvalue weighted by Crippen LogP contribution is -2.31. The topological polar surface area (TPSA) is 70.8 Å². The van der Waals surface area contributed by atoms with Gasteiger partial charge in [-0.2, -0.15) is 0 Å². The van der Waals surface area contributed by atoms with E-state index in [1.54, 1.807) is 4.90 Å². The molecule has 1 atom stereocenters. The number of carbonyl (C=O) groups excluding carboxylic acids is 1. The molecule has 0 radical (unpaired) electrons. The molecule has 1 aliphatic heterocycles. The highest BCUT2D eigenvalue weighted by molar-refractivity contribution is 5.93. The lowest BCUT2D eigenvalue weighted by atomic mass is 9.98. The number of amides is 1. The average Bonchev–Trinajstić information content (AvgIpc) is 2.77. The van der Waals surface area contributed by atoms with Crippen LogP contribution in [0.3, 0.4) is 0 Å². The smallest absolute Gasteiger partial charge is 0.371 e. The molecule has 0 bridgehead atoms. The fourth-order valence-electron chi connectivity index (χ4n) is 2.50. The number of hydrogen-bond donors (Lipinski definition) is 1. The van der Waals surface area contributed by atoms with E-state index in [-0.39, 0.29) is 17.4 Å². The molecule has 2 heterocycles. The van der Waals surface area contributed by atoms with Gasteiger partial charge in [0.1, 0.15) is 0 Å². The number of hydrogen-bond acceptors (Lipinski definition) is 3. The molecule has 5 heteroatoms. The first-order valence-electron chi connectivity index (χ1n) is 6.74. The van der Waals surface area contributed by atoms with Crippen molar-refractivity contribution in [3.05, 3.63) is 23.7 Å². The lowest BCUT2D eigenvalue weighted by Gasteiger charge is -2.19. The Bertz CT molecular complexity index is 466. The Balaban J connectivity index is 2.04. The number of carboxylic acids is 1. The molecule has 104 valence electrons. The first kappa shape index (κ1) is 13.6. The Labute approximate surface area is 112 Å². The molecule has 5 nitrogen and oxygen atoms in total. The summed E-state index contributed by atoms with van der Waals surface area (Å²) in [5.41, 5.74) is 0. The Morgan fingerprint density at radius 2 is 2.05 bits per heavy atom. The maximum absolute atomic E-state index is 12.2. The summed E-state index contributed by atoms with van der Waals surface area (Å²) in [6.07, 6.45) is 4.30. The van der Waals surface area contributed by atoms with E-state index in [0.29, 0.717) is 5.92 Å². The average molecular weight is 265 g/mol. The van der Waals surface area contributed by atoms with Crippen LogP contribution in [0.15, 0.2) is 16.5 Å². The molecule has 1 aromatic heterocycles. The molecule has 0 unspecified atom stereocenters. The monoisotopic (exact) mass is 265 g/mol. The van der Waals surface area contributed by atoms with Gasteiger partial charge in [-0.3, -0.25) is 4.79 Å². The summed E-state index contributed by atoms with van der Waals surface area (Å²) < 4.78 is 5.06. The number of aromatic carboxylic acids is 1. The van der Waals surface area contributed by atoms with E-state index in [4.69, 9.17) is 9.52 Å². The van der Waals surface area contributed by atoms with Gasteiger partial charge in [-0.1, -0.05) is 13.3 Å². The molecule has 0 aromatic carbocycles. The summed E-state index contributed by atoms with van der Waals surface area (Å²) in [7, 11) is 0. The molecule has 19 heavy (non-hydrogen) atoms. The van der Waals surface area contributed by atoms with Crippen LogP contribution in [0.4, 0.5) is 0 Å². The fourth-order valence-corrected chi connectivity index (χ4v) is 2.50. The van der Waals surface area contributed by atoms with Crippen molar-refractivity contribution in [1.29, 1.82) is 0 Å². The lowest BCUT2D eigenvalue weighted by molar-refractivity contribution is 0.0650. The van der Waals surface area contributed by atoms with E-state index in [1.807, 2.05) is 0 Å². The Hall–Kier alpha value is -1.78. The summed E-state index contributed by atoms with van der Waals surface area (Å²) >= 11 is 0. The quantitative estimate of drug-likeness (QED) is 0.912. The molecule has 1 fully saturated rings. The van der Waals surface area contributed by atoms with Crippen LogP contribution in [0.2, 0.25) is 0 Å². The molecule has 1 aliphatic rings. The van der Waals surface area contributed by atoms with Crippen LogP contribution in [-0.2, 0) is 0 Å². The third-order valence-electron chi connectivity index (χ3n) is 3.74. The van der Waals surface area contributed by atoms with E-state index >= 15 is 0 Å². The van der Waals surface area contributed by atoms with Crippen LogP contribution >= 0.6 is 0 Å². The van der Waals surface area contributed by atoms with Crippen LogP contribution in [0.25, 0.3) is 0 Å². The van der Waals surface area contributed by atoms with E-state index < -0.39 is 5.97 Å². The summed E-state index contributed by atoms with van der Waals surface area (Å²) in [4.78, 5) is 24.7. The second-order valence-electron chi connectivity index (χ2n) is 4.97. The Morgan fingerprint density at radius 3 is 2.68 bits per heavy atom. The normalized spacial score (nSPS) is 20.1. The predicted octanol–water partition coefficient (Wildman–Crippen LogP) is 2.63. The van der Waals surface area contributed by atoms with Gasteiger partial charge in [0.05, 0.1) is 0 Å². The van der Waals surface area contributed by atoms with Crippen molar-refractivity contribution in [2.75, 3.05) is 13.1 Å². The van der Waals surface area contributed by atoms with Crippen LogP contribution in [0.1, 0.15) is 53.7 Å². The standard InChI is InChI=1S/C14H19NO4/c1-2-10-4-3-8-15(9-7-10)13(16)11-5-6-12(19-11)14(17)18/h5-6,10H,2-4,7-9H2,1H3,(H,17,18)/t10-/m1/s1. The van der Waals surface area contributed by atoms with Crippen LogP contribution < -0.4 is 0 Å². The minimum Gasteiger partial charge on any atom is -0.475 e. The van der Waals surface area contributed by atoms with Crippen molar-refractivity contribution in [2.45, 2.75) is 32.6 Å². The fraction of sp³-hybridized carbons (Fsp3) is 0.571. The van der Waals surface area contributed by atoms with Crippen LogP contribution in [-0.4, -0.2) is 35.0 Å². The van der Waals surface area contributed by atoms with Gasteiger partial charge in [-0.15, -0.1) is 0 Å². The van der Waals surface area contributed by atoms with E-state index in [0.717, 1.165) is 38.8 Å². The highest BCUT2D eigenvalue weighted by Gasteiger charge is 2.23. The van der Waals surface area contributed by atoms with Crippen molar-refractivity contribution < 1.29 is 19.1 Å². The number of rotatable bonds is 3. The second kappa shape index (κ2) is 5.91. The van der Waals surface area contributed by atoms with Gasteiger partial charge in [0.25, 0.3) is 5.91 Å². The van der Waals surface area contributed by atoms with E-state index in [9.17, 15) is 9.59 Å². The number of nitrogens with zero attached hydrogens (tertiary/aromatic N) is 1. The van der Waals surface area contributed by atoms with Crippen molar-refractivity contribution >= 4 is 11.9 Å². The van der Waals surface area contributed by atoms with Gasteiger partial charge in [0.15, 0.2) is 5.76 Å². The maximum Gasteiger partial charge on any atom is 0.371 e. The molecular weight excluding hydrogens is 246 g/mol. The zero-order valence-electron chi connectivity index (χ0n) is 11.1. The van der Waals surface area contributed by atoms with E-state index in [1.165, 1.54) is 12.1 Å². The summed E-state index contributed by atoms with van der Waals surface area (Å²) in [5, 5.41) is 8.78. The molecule has 1 N–H and O–H groups in total. The molecule has 1 amide bonds. The van der Waals surface area contributed by atoms with Gasteiger partial charge in [0, 0.05) is 13.1 Å². The number of carbonyl (C=O) groups is 2. The molecule has 1 aromatic rings. The number of likely N-dealkylation sites (tertiary alicyclic amines) is 1. The van der Waals surface area contributed by atoms with Gasteiger partial charge < -0.3 is 14.4 Å². The predicted molar refractivity (Wildman–Crippen MR) is 69.2 cm³/mol. The van der Waals surface area contributed by atoms with Crippen molar-refractivity contribution in [1.82, 2.24) is 4.90 Å². The third-order valence-corrected chi connectivity index (χ3v) is 3.74. The van der Waals surface area contributed by atoms with Crippen LogP contribution in [0.5, 0.6) is 0 Å². The zero-order valence-corrected chi connectivity index (χ0v) is 11.1. The molecule has 0 aliphatic carbocycles. The largest absolute Gasteiger partial charge is 0.475 e. The maximum atomic E-state index is 12.2. The zero-order chi connectivity index (χ0) is 13.8. The molecule has 1 saturated heterocycles.